The number of methoxy groups -OCH3 is 2. The summed E-state index contributed by atoms with van der Waals surface area (Å²) in [7, 11) is 3.70. The van der Waals surface area contributed by atoms with Crippen molar-refractivity contribution in [2.45, 2.75) is 25.5 Å². The van der Waals surface area contributed by atoms with Crippen molar-refractivity contribution in [1.82, 2.24) is 0 Å². The van der Waals surface area contributed by atoms with Gasteiger partial charge in [-0.2, -0.15) is 0 Å². The number of rotatable bonds is 12. The highest BCUT2D eigenvalue weighted by Crippen LogP contribution is 2.60. The van der Waals surface area contributed by atoms with Crippen LogP contribution in [0.15, 0.2) is 72.8 Å². The molecular weight excluding hydrogens is 447 g/mol. The summed E-state index contributed by atoms with van der Waals surface area (Å²) in [5.74, 6) is 0.569. The standard InChI is InChI=1S/C27H35N2O4P/c1-6-7-19-33-34(30,24-16-13-22(14-17-24)29(2)3)27(28-21-11-9-8-10-12-21)25-20-23(31-4)15-18-26(25)32-5/h8-18,20,27-28H,6-7,19H2,1-5H3/t27-,34+/m0/s1. The number of unbranched alkanes of at least 4 members (excludes halogenated alkanes) is 1. The van der Waals surface area contributed by atoms with Crippen LogP contribution in [0, 0.1) is 0 Å². The van der Waals surface area contributed by atoms with Crippen LogP contribution in [-0.4, -0.2) is 34.9 Å². The number of anilines is 2. The van der Waals surface area contributed by atoms with E-state index < -0.39 is 13.2 Å². The molecule has 34 heavy (non-hydrogen) atoms. The number of hydrogen-bond donors (Lipinski definition) is 1. The molecular formula is C27H35N2O4P. The van der Waals surface area contributed by atoms with Crippen LogP contribution >= 0.6 is 7.37 Å². The van der Waals surface area contributed by atoms with Gasteiger partial charge in [-0.15, -0.1) is 0 Å². The maximum atomic E-state index is 14.9. The van der Waals surface area contributed by atoms with Crippen molar-refractivity contribution in [3.63, 3.8) is 0 Å². The SMILES string of the molecule is CCCCO[P@](=O)(c1ccc(N(C)C)cc1)[C@H](Nc1ccccc1)c1cc(OC)ccc1OC. The number of para-hydroxylation sites is 1. The molecule has 0 aliphatic rings. The second-order valence-corrected chi connectivity index (χ2v) is 10.7. The van der Waals surface area contributed by atoms with E-state index in [1.165, 1.54) is 0 Å². The van der Waals surface area contributed by atoms with Gasteiger partial charge in [0.25, 0.3) is 7.37 Å². The van der Waals surface area contributed by atoms with Crippen molar-refractivity contribution in [3.8, 4) is 11.5 Å². The van der Waals surface area contributed by atoms with Gasteiger partial charge in [0, 0.05) is 36.3 Å². The summed E-state index contributed by atoms with van der Waals surface area (Å²) in [6.45, 7) is 2.48. The molecule has 0 saturated carbocycles. The predicted molar refractivity (Wildman–Crippen MR) is 141 cm³/mol. The Labute approximate surface area is 203 Å². The third kappa shape index (κ3) is 5.94. The molecule has 0 radical (unpaired) electrons. The van der Waals surface area contributed by atoms with Crippen molar-refractivity contribution in [2.24, 2.45) is 0 Å². The van der Waals surface area contributed by atoms with Gasteiger partial charge in [0.05, 0.1) is 20.8 Å². The van der Waals surface area contributed by atoms with Gasteiger partial charge < -0.3 is 24.2 Å². The largest absolute Gasteiger partial charge is 0.497 e. The highest BCUT2D eigenvalue weighted by molar-refractivity contribution is 7.67. The minimum atomic E-state index is -3.48. The van der Waals surface area contributed by atoms with Gasteiger partial charge in [0.15, 0.2) is 0 Å². The Morgan fingerprint density at radius 2 is 1.65 bits per heavy atom. The van der Waals surface area contributed by atoms with Gasteiger partial charge in [0.2, 0.25) is 0 Å². The smallest absolute Gasteiger partial charge is 0.258 e. The van der Waals surface area contributed by atoms with Crippen molar-refractivity contribution < 1.29 is 18.6 Å². The van der Waals surface area contributed by atoms with Gasteiger partial charge in [0.1, 0.15) is 17.3 Å². The first-order valence-electron chi connectivity index (χ1n) is 11.5. The normalized spacial score (nSPS) is 13.6. The highest BCUT2D eigenvalue weighted by Gasteiger charge is 2.39. The van der Waals surface area contributed by atoms with Crippen LogP contribution in [0.5, 0.6) is 11.5 Å². The molecule has 0 aliphatic carbocycles. The summed E-state index contributed by atoms with van der Waals surface area (Å²) >= 11 is 0. The highest BCUT2D eigenvalue weighted by atomic mass is 31.2. The van der Waals surface area contributed by atoms with Crippen LogP contribution in [-0.2, 0) is 9.09 Å². The molecule has 3 aromatic rings. The first-order valence-corrected chi connectivity index (χ1v) is 13.2. The molecule has 0 aromatic heterocycles. The lowest BCUT2D eigenvalue weighted by molar-refractivity contribution is 0.307. The van der Waals surface area contributed by atoms with Crippen molar-refractivity contribution in [3.05, 3.63) is 78.4 Å². The van der Waals surface area contributed by atoms with Crippen molar-refractivity contribution >= 4 is 24.0 Å². The molecule has 7 heteroatoms. The first kappa shape index (κ1) is 25.7. The Bertz CT molecular complexity index is 1090. The second kappa shape index (κ2) is 12.0. The fraction of sp³-hybridized carbons (Fsp3) is 0.333. The Kier molecular flexibility index (Phi) is 9.03. The molecule has 3 aromatic carbocycles. The summed E-state index contributed by atoms with van der Waals surface area (Å²) < 4.78 is 32.4. The monoisotopic (exact) mass is 482 g/mol. The van der Waals surface area contributed by atoms with Crippen molar-refractivity contribution in [1.29, 1.82) is 0 Å². The summed E-state index contributed by atoms with van der Waals surface area (Å²) in [5, 5.41) is 4.14. The molecule has 0 unspecified atom stereocenters. The molecule has 2 atom stereocenters. The van der Waals surface area contributed by atoms with E-state index in [0.717, 1.165) is 24.2 Å². The van der Waals surface area contributed by atoms with Crippen LogP contribution in [0.3, 0.4) is 0 Å². The fourth-order valence-electron chi connectivity index (χ4n) is 3.69. The number of nitrogens with zero attached hydrogens (tertiary/aromatic N) is 1. The Hall–Kier alpha value is -2.95. The van der Waals surface area contributed by atoms with Crippen LogP contribution in [0.25, 0.3) is 0 Å². The lowest BCUT2D eigenvalue weighted by atomic mass is 10.1. The third-order valence-corrected chi connectivity index (χ3v) is 8.33. The molecule has 0 fully saturated rings. The molecule has 3 rings (SSSR count). The summed E-state index contributed by atoms with van der Waals surface area (Å²) in [4.78, 5) is 2.01. The van der Waals surface area contributed by atoms with Crippen LogP contribution < -0.4 is 25.0 Å². The minimum Gasteiger partial charge on any atom is -0.497 e. The second-order valence-electron chi connectivity index (χ2n) is 8.22. The first-order chi connectivity index (χ1) is 16.4. The van der Waals surface area contributed by atoms with E-state index in [9.17, 15) is 4.57 Å². The molecule has 0 saturated heterocycles. The van der Waals surface area contributed by atoms with E-state index >= 15 is 0 Å². The Balaban J connectivity index is 2.20. The van der Waals surface area contributed by atoms with E-state index in [1.54, 1.807) is 14.2 Å². The average molecular weight is 483 g/mol. The van der Waals surface area contributed by atoms with E-state index in [1.807, 2.05) is 91.8 Å². The quantitative estimate of drug-likeness (QED) is 0.241. The zero-order valence-electron chi connectivity index (χ0n) is 20.7. The fourth-order valence-corrected chi connectivity index (χ4v) is 6.14. The van der Waals surface area contributed by atoms with Crippen LogP contribution in [0.1, 0.15) is 31.1 Å². The van der Waals surface area contributed by atoms with Gasteiger partial charge in [-0.05, 0) is 61.0 Å². The van der Waals surface area contributed by atoms with E-state index in [2.05, 4.69) is 12.2 Å². The molecule has 1 N–H and O–H groups in total. The molecule has 0 aliphatic heterocycles. The van der Waals surface area contributed by atoms with E-state index in [0.29, 0.717) is 29.0 Å². The van der Waals surface area contributed by atoms with Crippen LogP contribution in [0.4, 0.5) is 11.4 Å². The maximum absolute atomic E-state index is 14.9. The molecule has 0 spiro atoms. The number of benzene rings is 3. The molecule has 0 bridgehead atoms. The van der Waals surface area contributed by atoms with Crippen molar-refractivity contribution in [2.75, 3.05) is 45.1 Å². The maximum Gasteiger partial charge on any atom is 0.258 e. The van der Waals surface area contributed by atoms with Gasteiger partial charge in [-0.25, -0.2) is 0 Å². The minimum absolute atomic E-state index is 0.391. The summed E-state index contributed by atoms with van der Waals surface area (Å²) in [6.07, 6.45) is 1.76. The lowest BCUT2D eigenvalue weighted by Crippen LogP contribution is -2.22. The lowest BCUT2D eigenvalue weighted by Gasteiger charge is -2.31. The molecule has 0 amide bonds. The number of ether oxygens (including phenoxy) is 2. The molecule has 6 nitrogen and oxygen atoms in total. The zero-order chi connectivity index (χ0) is 24.6. The van der Waals surface area contributed by atoms with Gasteiger partial charge in [-0.1, -0.05) is 31.5 Å². The zero-order valence-corrected chi connectivity index (χ0v) is 21.5. The number of nitrogens with one attached hydrogen (secondary N) is 1. The Morgan fingerprint density at radius 3 is 2.24 bits per heavy atom. The van der Waals surface area contributed by atoms with E-state index in [4.69, 9.17) is 14.0 Å². The third-order valence-electron chi connectivity index (χ3n) is 5.66. The Morgan fingerprint density at radius 1 is 0.941 bits per heavy atom. The average Bonchev–Trinajstić information content (AvgIpc) is 2.87. The number of hydrogen-bond acceptors (Lipinski definition) is 6. The van der Waals surface area contributed by atoms with Gasteiger partial charge in [-0.3, -0.25) is 4.57 Å². The van der Waals surface area contributed by atoms with Gasteiger partial charge >= 0.3 is 0 Å². The predicted octanol–water partition coefficient (Wildman–Crippen LogP) is 6.30. The molecule has 0 heterocycles. The van der Waals surface area contributed by atoms with E-state index in [-0.39, 0.29) is 0 Å². The topological polar surface area (TPSA) is 60.0 Å². The summed E-state index contributed by atoms with van der Waals surface area (Å²) in [5.41, 5.74) is 2.57. The summed E-state index contributed by atoms with van der Waals surface area (Å²) in [6, 6.07) is 23.0. The van der Waals surface area contributed by atoms with Crippen LogP contribution in [0.2, 0.25) is 0 Å². The molecule has 182 valence electrons.